The second kappa shape index (κ2) is 6.30. The minimum absolute atomic E-state index is 0.0747. The third kappa shape index (κ3) is 2.84. The van der Waals surface area contributed by atoms with Gasteiger partial charge in [0.15, 0.2) is 0 Å². The Hall–Kier alpha value is -1.14. The molecular weight excluding hydrogens is 320 g/mol. The molecule has 1 aromatic rings. The number of piperidine rings is 1. The van der Waals surface area contributed by atoms with Crippen LogP contribution in [0.3, 0.4) is 0 Å². The van der Waals surface area contributed by atoms with Crippen molar-refractivity contribution in [2.45, 2.75) is 50.3 Å². The van der Waals surface area contributed by atoms with Crippen LogP contribution in [0.4, 0.5) is 0 Å². The van der Waals surface area contributed by atoms with E-state index >= 15 is 0 Å². The van der Waals surface area contributed by atoms with Crippen molar-refractivity contribution in [3.8, 4) is 0 Å². The molecule has 1 unspecified atom stereocenters. The van der Waals surface area contributed by atoms with E-state index in [1.54, 1.807) is 0 Å². The van der Waals surface area contributed by atoms with Crippen LogP contribution >= 0.6 is 11.8 Å². The Labute approximate surface area is 148 Å². The van der Waals surface area contributed by atoms with Gasteiger partial charge in [0.2, 0.25) is 0 Å². The quantitative estimate of drug-likeness (QED) is 0.822. The fourth-order valence-electron chi connectivity index (χ4n) is 4.26. The molecule has 5 nitrogen and oxygen atoms in total. The van der Waals surface area contributed by atoms with Crippen LogP contribution in [-0.4, -0.2) is 68.4 Å². The predicted octanol–water partition coefficient (Wildman–Crippen LogP) is 2.28. The van der Waals surface area contributed by atoms with E-state index in [-0.39, 0.29) is 5.91 Å². The van der Waals surface area contributed by atoms with Crippen molar-refractivity contribution < 1.29 is 4.79 Å². The highest BCUT2D eigenvalue weighted by Crippen LogP contribution is 2.47. The summed E-state index contributed by atoms with van der Waals surface area (Å²) < 4.78 is 0.299. The average Bonchev–Trinajstić information content (AvgIpc) is 3.02. The highest BCUT2D eigenvalue weighted by atomic mass is 32.2. The third-order valence-corrected chi connectivity index (χ3v) is 7.47. The molecule has 130 valence electrons. The molecule has 0 saturated carbocycles. The van der Waals surface area contributed by atoms with Crippen LogP contribution in [0, 0.1) is 13.8 Å². The van der Waals surface area contributed by atoms with Crippen LogP contribution in [0.1, 0.15) is 47.4 Å². The minimum Gasteiger partial charge on any atom is -0.334 e. The summed E-state index contributed by atoms with van der Waals surface area (Å²) >= 11 is 2.09. The van der Waals surface area contributed by atoms with Crippen molar-refractivity contribution in [3.05, 3.63) is 23.3 Å². The Morgan fingerprint density at radius 2 is 1.96 bits per heavy atom. The topological polar surface area (TPSA) is 49.3 Å². The number of thioether (sulfide) groups is 1. The van der Waals surface area contributed by atoms with E-state index < -0.39 is 0 Å². The van der Waals surface area contributed by atoms with Crippen LogP contribution < -0.4 is 0 Å². The number of aryl methyl sites for hydroxylation is 1. The molecule has 4 heterocycles. The number of rotatable bonds is 2. The molecule has 3 fully saturated rings. The Bertz CT molecular complexity index is 638. The molecule has 6 heteroatoms. The first-order valence-corrected chi connectivity index (χ1v) is 10.0. The normalized spacial score (nSPS) is 26.6. The lowest BCUT2D eigenvalue weighted by Gasteiger charge is -2.48. The van der Waals surface area contributed by atoms with Gasteiger partial charge < -0.3 is 4.90 Å². The molecule has 3 aliphatic heterocycles. The van der Waals surface area contributed by atoms with Crippen LogP contribution in [-0.2, 0) is 0 Å². The fourth-order valence-corrected chi connectivity index (χ4v) is 5.93. The molecule has 3 aliphatic rings. The van der Waals surface area contributed by atoms with Crippen molar-refractivity contribution in [2.75, 3.05) is 31.9 Å². The number of amides is 1. The smallest absolute Gasteiger partial charge is 0.272 e. The zero-order valence-corrected chi connectivity index (χ0v) is 15.4. The first-order chi connectivity index (χ1) is 11.6. The Morgan fingerprint density at radius 1 is 1.21 bits per heavy atom. The molecule has 3 saturated heterocycles. The standard InChI is InChI=1S/C18H26N4OS/c1-13-14(2)19-12-20-16(13)17(23)22-10-18(11-22)8-15(9-24-18)21-6-4-3-5-7-21/h12,15H,3-11H2,1-2H3. The van der Waals surface area contributed by atoms with Gasteiger partial charge in [0.05, 0.1) is 4.75 Å². The van der Waals surface area contributed by atoms with Gasteiger partial charge in [0, 0.05) is 36.1 Å². The van der Waals surface area contributed by atoms with Gasteiger partial charge in [-0.1, -0.05) is 6.42 Å². The summed E-state index contributed by atoms with van der Waals surface area (Å²) in [5.74, 6) is 1.30. The van der Waals surface area contributed by atoms with E-state index in [1.807, 2.05) is 18.7 Å². The van der Waals surface area contributed by atoms with Gasteiger partial charge in [-0.15, -0.1) is 11.8 Å². The SMILES string of the molecule is Cc1ncnc(C(=O)N2CC3(CC(N4CCCCC4)CS3)C2)c1C. The van der Waals surface area contributed by atoms with E-state index in [1.165, 1.54) is 50.9 Å². The van der Waals surface area contributed by atoms with E-state index in [2.05, 4.69) is 26.6 Å². The van der Waals surface area contributed by atoms with Gasteiger partial charge in [0.25, 0.3) is 5.91 Å². The van der Waals surface area contributed by atoms with Crippen LogP contribution in [0.5, 0.6) is 0 Å². The Balaban J connectivity index is 1.37. The largest absolute Gasteiger partial charge is 0.334 e. The molecular formula is C18H26N4OS. The van der Waals surface area contributed by atoms with Gasteiger partial charge in [0.1, 0.15) is 12.0 Å². The number of hydrogen-bond acceptors (Lipinski definition) is 5. The maximum absolute atomic E-state index is 12.7. The van der Waals surface area contributed by atoms with Gasteiger partial charge in [-0.3, -0.25) is 9.69 Å². The zero-order valence-electron chi connectivity index (χ0n) is 14.6. The van der Waals surface area contributed by atoms with E-state index in [0.717, 1.165) is 30.4 Å². The van der Waals surface area contributed by atoms with Gasteiger partial charge in [-0.05, 0) is 46.2 Å². The summed E-state index contributed by atoms with van der Waals surface area (Å²) in [4.78, 5) is 25.8. The van der Waals surface area contributed by atoms with Gasteiger partial charge in [-0.2, -0.15) is 0 Å². The van der Waals surface area contributed by atoms with Crippen molar-refractivity contribution >= 4 is 17.7 Å². The van der Waals surface area contributed by atoms with Crippen LogP contribution in [0.2, 0.25) is 0 Å². The zero-order chi connectivity index (χ0) is 16.7. The lowest BCUT2D eigenvalue weighted by atomic mass is 9.90. The molecule has 1 amide bonds. The summed E-state index contributed by atoms with van der Waals surface area (Å²) in [6.07, 6.45) is 6.84. The number of carbonyl (C=O) groups excluding carboxylic acids is 1. The molecule has 24 heavy (non-hydrogen) atoms. The van der Waals surface area contributed by atoms with E-state index in [0.29, 0.717) is 10.4 Å². The molecule has 1 atom stereocenters. The third-order valence-electron chi connectivity index (χ3n) is 5.88. The summed E-state index contributed by atoms with van der Waals surface area (Å²) in [5, 5.41) is 0. The summed E-state index contributed by atoms with van der Waals surface area (Å²) in [7, 11) is 0. The molecule has 1 spiro atoms. The van der Waals surface area contributed by atoms with Gasteiger partial charge in [-0.25, -0.2) is 9.97 Å². The van der Waals surface area contributed by atoms with Crippen LogP contribution in [0.25, 0.3) is 0 Å². The first-order valence-electron chi connectivity index (χ1n) is 9.03. The van der Waals surface area contributed by atoms with Crippen LogP contribution in [0.15, 0.2) is 6.33 Å². The highest BCUT2D eigenvalue weighted by molar-refractivity contribution is 8.01. The summed E-state index contributed by atoms with van der Waals surface area (Å²) in [5.41, 5.74) is 2.38. The number of aromatic nitrogens is 2. The Kier molecular flexibility index (Phi) is 4.29. The summed E-state index contributed by atoms with van der Waals surface area (Å²) in [6.45, 7) is 8.16. The minimum atomic E-state index is 0.0747. The highest BCUT2D eigenvalue weighted by Gasteiger charge is 2.51. The molecule has 4 rings (SSSR count). The monoisotopic (exact) mass is 346 g/mol. The molecule has 0 aliphatic carbocycles. The van der Waals surface area contributed by atoms with Crippen molar-refractivity contribution in [2.24, 2.45) is 0 Å². The lowest BCUT2D eigenvalue weighted by Crippen LogP contribution is -2.61. The number of hydrogen-bond donors (Lipinski definition) is 0. The predicted molar refractivity (Wildman–Crippen MR) is 96.4 cm³/mol. The second-order valence-corrected chi connectivity index (χ2v) is 9.03. The second-order valence-electron chi connectivity index (χ2n) is 7.54. The maximum Gasteiger partial charge on any atom is 0.272 e. The molecule has 0 aromatic carbocycles. The van der Waals surface area contributed by atoms with E-state index in [4.69, 9.17) is 0 Å². The maximum atomic E-state index is 12.7. The fraction of sp³-hybridized carbons (Fsp3) is 0.722. The first kappa shape index (κ1) is 16.3. The molecule has 0 radical (unpaired) electrons. The van der Waals surface area contributed by atoms with Crippen molar-refractivity contribution in [1.29, 1.82) is 0 Å². The Morgan fingerprint density at radius 3 is 2.71 bits per heavy atom. The molecule has 0 N–H and O–H groups in total. The molecule has 0 bridgehead atoms. The number of carbonyl (C=O) groups is 1. The van der Waals surface area contributed by atoms with Crippen molar-refractivity contribution in [1.82, 2.24) is 19.8 Å². The van der Waals surface area contributed by atoms with Crippen molar-refractivity contribution in [3.63, 3.8) is 0 Å². The van der Waals surface area contributed by atoms with E-state index in [9.17, 15) is 4.79 Å². The number of nitrogens with zero attached hydrogens (tertiary/aromatic N) is 4. The number of likely N-dealkylation sites (tertiary alicyclic amines) is 2. The summed E-state index contributed by atoms with van der Waals surface area (Å²) in [6, 6.07) is 0.718. The average molecular weight is 347 g/mol. The van der Waals surface area contributed by atoms with Gasteiger partial charge >= 0.3 is 0 Å². The molecule has 1 aromatic heterocycles. The lowest BCUT2D eigenvalue weighted by molar-refractivity contribution is 0.0511.